The van der Waals surface area contributed by atoms with Gasteiger partial charge in [-0.3, -0.25) is 4.79 Å². The van der Waals surface area contributed by atoms with E-state index in [4.69, 9.17) is 0 Å². The Morgan fingerprint density at radius 2 is 2.19 bits per heavy atom. The zero-order valence-electron chi connectivity index (χ0n) is 9.01. The number of carbonyl (C=O) groups is 2. The summed E-state index contributed by atoms with van der Waals surface area (Å²) in [6, 6.07) is 6.40. The lowest BCUT2D eigenvalue weighted by atomic mass is 9.92. The molecule has 1 atom stereocenters. The minimum absolute atomic E-state index is 0.117. The summed E-state index contributed by atoms with van der Waals surface area (Å²) in [7, 11) is 0. The summed E-state index contributed by atoms with van der Waals surface area (Å²) in [5.41, 5.74) is 1.56. The molecule has 4 heteroatoms. The number of carboxylic acids is 1. The Bertz CT molecular complexity index is 442. The number of fused-ring (bicyclic) bond motifs is 1. The number of carboxylic acid groups (broad SMARTS) is 1. The minimum Gasteiger partial charge on any atom is -0.479 e. The second-order valence-corrected chi connectivity index (χ2v) is 3.80. The molecule has 1 N–H and O–H groups in total. The van der Waals surface area contributed by atoms with E-state index in [1.54, 1.807) is 19.1 Å². The molecule has 0 aliphatic carbocycles. The van der Waals surface area contributed by atoms with E-state index in [2.05, 4.69) is 0 Å². The highest BCUT2D eigenvalue weighted by atomic mass is 16.4. The second-order valence-electron chi connectivity index (χ2n) is 3.80. The van der Waals surface area contributed by atoms with Gasteiger partial charge in [0.15, 0.2) is 6.04 Å². The molecule has 1 aromatic carbocycles. The van der Waals surface area contributed by atoms with Crippen molar-refractivity contribution in [1.82, 2.24) is 4.90 Å². The van der Waals surface area contributed by atoms with E-state index in [9.17, 15) is 14.7 Å². The van der Waals surface area contributed by atoms with Crippen molar-refractivity contribution in [1.29, 1.82) is 0 Å². The van der Waals surface area contributed by atoms with Crippen molar-refractivity contribution in [3.63, 3.8) is 0 Å². The first-order valence-corrected chi connectivity index (χ1v) is 5.25. The number of hydrogen-bond donors (Lipinski definition) is 1. The Hall–Kier alpha value is -1.84. The van der Waals surface area contributed by atoms with Crippen molar-refractivity contribution in [3.05, 3.63) is 35.4 Å². The molecule has 0 spiro atoms. The van der Waals surface area contributed by atoms with E-state index >= 15 is 0 Å². The van der Waals surface area contributed by atoms with Crippen LogP contribution >= 0.6 is 0 Å². The van der Waals surface area contributed by atoms with Crippen molar-refractivity contribution < 1.29 is 14.7 Å². The summed E-state index contributed by atoms with van der Waals surface area (Å²) in [5, 5.41) is 9.21. The van der Waals surface area contributed by atoms with Crippen molar-refractivity contribution in [2.24, 2.45) is 0 Å². The topological polar surface area (TPSA) is 57.6 Å². The summed E-state index contributed by atoms with van der Waals surface area (Å²) < 4.78 is 0. The molecule has 4 nitrogen and oxygen atoms in total. The van der Waals surface area contributed by atoms with E-state index in [1.165, 1.54) is 4.90 Å². The van der Waals surface area contributed by atoms with Crippen molar-refractivity contribution in [2.75, 3.05) is 6.54 Å². The first kappa shape index (κ1) is 10.7. The Morgan fingerprint density at radius 3 is 2.81 bits per heavy atom. The molecular weight excluding hydrogens is 206 g/mol. The number of aliphatic carboxylic acids is 1. The number of benzene rings is 1. The van der Waals surface area contributed by atoms with E-state index in [0.29, 0.717) is 13.0 Å². The molecule has 0 radical (unpaired) electrons. The number of amides is 1. The Morgan fingerprint density at radius 1 is 1.50 bits per heavy atom. The largest absolute Gasteiger partial charge is 0.479 e. The standard InChI is InChI=1S/C12H13NO3/c1-2-13-10(14)7-8-5-3-4-6-9(8)11(13)12(15)16/h3-6,11H,2,7H2,1H3,(H,15,16)/t11-/m0/s1. The molecular formula is C12H13NO3. The molecule has 1 heterocycles. The minimum atomic E-state index is -0.970. The number of hydrogen-bond acceptors (Lipinski definition) is 2. The molecule has 16 heavy (non-hydrogen) atoms. The number of rotatable bonds is 2. The third-order valence-corrected chi connectivity index (χ3v) is 2.90. The maximum absolute atomic E-state index is 11.8. The van der Waals surface area contributed by atoms with Gasteiger partial charge in [0.05, 0.1) is 6.42 Å². The van der Waals surface area contributed by atoms with Gasteiger partial charge >= 0.3 is 5.97 Å². The van der Waals surface area contributed by atoms with Gasteiger partial charge < -0.3 is 10.0 Å². The van der Waals surface area contributed by atoms with Crippen LogP contribution < -0.4 is 0 Å². The molecule has 0 saturated heterocycles. The van der Waals surface area contributed by atoms with Gasteiger partial charge in [0.2, 0.25) is 5.91 Å². The maximum Gasteiger partial charge on any atom is 0.331 e. The lowest BCUT2D eigenvalue weighted by molar-refractivity contribution is -0.151. The van der Waals surface area contributed by atoms with Gasteiger partial charge in [0.25, 0.3) is 0 Å². The monoisotopic (exact) mass is 219 g/mol. The Kier molecular flexibility index (Phi) is 2.64. The van der Waals surface area contributed by atoms with Gasteiger partial charge in [-0.05, 0) is 18.1 Å². The zero-order valence-corrected chi connectivity index (χ0v) is 9.01. The van der Waals surface area contributed by atoms with Gasteiger partial charge in [0.1, 0.15) is 0 Å². The van der Waals surface area contributed by atoms with Crippen LogP contribution in [0.2, 0.25) is 0 Å². The summed E-state index contributed by atoms with van der Waals surface area (Å²) in [5.74, 6) is -1.09. The van der Waals surface area contributed by atoms with Crippen LogP contribution in [0, 0.1) is 0 Å². The van der Waals surface area contributed by atoms with Gasteiger partial charge in [-0.1, -0.05) is 24.3 Å². The third-order valence-electron chi connectivity index (χ3n) is 2.90. The molecule has 1 aromatic rings. The van der Waals surface area contributed by atoms with Crippen molar-refractivity contribution >= 4 is 11.9 Å². The number of nitrogens with zero attached hydrogens (tertiary/aromatic N) is 1. The fraction of sp³-hybridized carbons (Fsp3) is 0.333. The van der Waals surface area contributed by atoms with Crippen LogP contribution in [0.3, 0.4) is 0 Å². The number of carbonyl (C=O) groups excluding carboxylic acids is 1. The average molecular weight is 219 g/mol. The highest BCUT2D eigenvalue weighted by Crippen LogP contribution is 2.30. The Balaban J connectivity index is 2.52. The van der Waals surface area contributed by atoms with Crippen LogP contribution in [0.5, 0.6) is 0 Å². The van der Waals surface area contributed by atoms with E-state index < -0.39 is 12.0 Å². The first-order valence-electron chi connectivity index (χ1n) is 5.25. The predicted molar refractivity (Wildman–Crippen MR) is 57.9 cm³/mol. The molecule has 2 rings (SSSR count). The van der Waals surface area contributed by atoms with E-state index in [0.717, 1.165) is 11.1 Å². The van der Waals surface area contributed by atoms with Crippen LogP contribution in [0.1, 0.15) is 24.1 Å². The molecule has 0 unspecified atom stereocenters. The molecule has 0 fully saturated rings. The van der Waals surface area contributed by atoms with Crippen LogP contribution in [0.15, 0.2) is 24.3 Å². The summed E-state index contributed by atoms with van der Waals surface area (Å²) in [4.78, 5) is 24.4. The molecule has 0 bridgehead atoms. The zero-order chi connectivity index (χ0) is 11.7. The predicted octanol–water partition coefficient (Wildman–Crippen LogP) is 1.22. The molecule has 0 saturated carbocycles. The highest BCUT2D eigenvalue weighted by Gasteiger charge is 2.35. The van der Waals surface area contributed by atoms with E-state index in [1.807, 2.05) is 12.1 Å². The normalized spacial score (nSPS) is 19.4. The molecule has 1 amide bonds. The van der Waals surface area contributed by atoms with E-state index in [-0.39, 0.29) is 5.91 Å². The molecule has 0 aromatic heterocycles. The fourth-order valence-electron chi connectivity index (χ4n) is 2.16. The Labute approximate surface area is 93.5 Å². The summed E-state index contributed by atoms with van der Waals surface area (Å²) in [6.07, 6.45) is 0.299. The molecule has 1 aliphatic heterocycles. The smallest absolute Gasteiger partial charge is 0.331 e. The lowest BCUT2D eigenvalue weighted by Crippen LogP contribution is -2.43. The molecule has 1 aliphatic rings. The second kappa shape index (κ2) is 3.96. The lowest BCUT2D eigenvalue weighted by Gasteiger charge is -2.33. The summed E-state index contributed by atoms with van der Waals surface area (Å²) >= 11 is 0. The van der Waals surface area contributed by atoms with Crippen LogP contribution in [0.4, 0.5) is 0 Å². The molecule has 84 valence electrons. The quantitative estimate of drug-likeness (QED) is 0.813. The average Bonchev–Trinajstić information content (AvgIpc) is 2.26. The highest BCUT2D eigenvalue weighted by molar-refractivity contribution is 5.89. The van der Waals surface area contributed by atoms with Crippen LogP contribution in [0.25, 0.3) is 0 Å². The van der Waals surface area contributed by atoms with Gasteiger partial charge in [-0.15, -0.1) is 0 Å². The SMILES string of the molecule is CCN1C(=O)Cc2ccccc2[C@H]1C(=O)O. The number of likely N-dealkylation sites (N-methyl/N-ethyl adjacent to an activating group) is 1. The van der Waals surface area contributed by atoms with Crippen LogP contribution in [-0.2, 0) is 16.0 Å². The van der Waals surface area contributed by atoms with Gasteiger partial charge in [0, 0.05) is 6.54 Å². The maximum atomic E-state index is 11.8. The van der Waals surface area contributed by atoms with Crippen molar-refractivity contribution in [2.45, 2.75) is 19.4 Å². The first-order chi connectivity index (χ1) is 7.65. The van der Waals surface area contributed by atoms with Gasteiger partial charge in [-0.2, -0.15) is 0 Å². The van der Waals surface area contributed by atoms with Gasteiger partial charge in [-0.25, -0.2) is 4.79 Å². The summed E-state index contributed by atoms with van der Waals surface area (Å²) in [6.45, 7) is 2.21. The van der Waals surface area contributed by atoms with Crippen molar-refractivity contribution in [3.8, 4) is 0 Å². The fourth-order valence-corrected chi connectivity index (χ4v) is 2.16. The van der Waals surface area contributed by atoms with Crippen LogP contribution in [-0.4, -0.2) is 28.4 Å². The third kappa shape index (κ3) is 1.56.